The van der Waals surface area contributed by atoms with Crippen LogP contribution in [0.15, 0.2) is 40.9 Å². The van der Waals surface area contributed by atoms with Crippen molar-refractivity contribution >= 4 is 45.1 Å². The van der Waals surface area contributed by atoms with Crippen molar-refractivity contribution in [3.63, 3.8) is 0 Å². The number of halogens is 3. The number of hydrogen-bond acceptors (Lipinski definition) is 2. The van der Waals surface area contributed by atoms with E-state index in [0.717, 1.165) is 10.0 Å². The molecule has 6 heteroatoms. The number of carboxylic acids is 1. The molecule has 0 aliphatic heterocycles. The van der Waals surface area contributed by atoms with Crippen molar-refractivity contribution in [2.75, 3.05) is 0 Å². The van der Waals surface area contributed by atoms with Crippen molar-refractivity contribution in [1.29, 1.82) is 0 Å². The fourth-order valence-corrected chi connectivity index (χ4v) is 2.48. The summed E-state index contributed by atoms with van der Waals surface area (Å²) in [7, 11) is 0. The first-order valence-corrected chi connectivity index (χ1v) is 7.12. The first-order valence-electron chi connectivity index (χ1n) is 5.57. The smallest absolute Gasteiger partial charge is 0.339 e. The highest BCUT2D eigenvalue weighted by Crippen LogP contribution is 2.26. The van der Waals surface area contributed by atoms with Gasteiger partial charge in [0, 0.05) is 20.1 Å². The second-order valence-electron chi connectivity index (χ2n) is 3.97. The Morgan fingerprint density at radius 3 is 2.60 bits per heavy atom. The van der Waals surface area contributed by atoms with Gasteiger partial charge in [0.2, 0.25) is 0 Å². The molecule has 2 aromatic carbocycles. The Balaban J connectivity index is 2.22. The van der Waals surface area contributed by atoms with Crippen molar-refractivity contribution < 1.29 is 14.6 Å². The zero-order valence-electron chi connectivity index (χ0n) is 10.1. The molecule has 0 heterocycles. The molecule has 2 aromatic rings. The molecule has 3 nitrogen and oxygen atoms in total. The van der Waals surface area contributed by atoms with Gasteiger partial charge in [0.15, 0.2) is 0 Å². The van der Waals surface area contributed by atoms with Gasteiger partial charge in [0.05, 0.1) is 0 Å². The molecular formula is C14H9BrCl2O3. The van der Waals surface area contributed by atoms with Gasteiger partial charge in [0.25, 0.3) is 0 Å². The van der Waals surface area contributed by atoms with Crippen molar-refractivity contribution in [2.24, 2.45) is 0 Å². The molecule has 20 heavy (non-hydrogen) atoms. The molecule has 2 rings (SSSR count). The van der Waals surface area contributed by atoms with Crippen LogP contribution in [0.2, 0.25) is 10.0 Å². The van der Waals surface area contributed by atoms with E-state index in [0.29, 0.717) is 10.0 Å². The number of benzene rings is 2. The Morgan fingerprint density at radius 2 is 1.95 bits per heavy atom. The molecule has 0 fully saturated rings. The van der Waals surface area contributed by atoms with Crippen LogP contribution in [0.4, 0.5) is 0 Å². The average Bonchev–Trinajstić information content (AvgIpc) is 2.37. The zero-order valence-corrected chi connectivity index (χ0v) is 13.2. The van der Waals surface area contributed by atoms with Gasteiger partial charge in [-0.3, -0.25) is 0 Å². The lowest BCUT2D eigenvalue weighted by Gasteiger charge is -2.11. The first kappa shape index (κ1) is 15.2. The molecule has 0 radical (unpaired) electrons. The van der Waals surface area contributed by atoms with E-state index in [1.807, 2.05) is 6.07 Å². The predicted molar refractivity (Wildman–Crippen MR) is 81.9 cm³/mol. The van der Waals surface area contributed by atoms with Crippen LogP contribution in [-0.2, 0) is 6.61 Å². The van der Waals surface area contributed by atoms with Crippen molar-refractivity contribution in [3.05, 3.63) is 62.0 Å². The molecule has 0 unspecified atom stereocenters. The summed E-state index contributed by atoms with van der Waals surface area (Å²) in [6.45, 7) is 0.159. The quantitative estimate of drug-likeness (QED) is 0.814. The van der Waals surface area contributed by atoms with Gasteiger partial charge in [-0.15, -0.1) is 0 Å². The minimum Gasteiger partial charge on any atom is -0.488 e. The minimum atomic E-state index is -1.07. The average molecular weight is 376 g/mol. The molecule has 0 spiro atoms. The van der Waals surface area contributed by atoms with Gasteiger partial charge in [-0.1, -0.05) is 45.2 Å². The van der Waals surface area contributed by atoms with Crippen LogP contribution >= 0.6 is 39.1 Å². The van der Waals surface area contributed by atoms with E-state index >= 15 is 0 Å². The highest BCUT2D eigenvalue weighted by molar-refractivity contribution is 9.10. The van der Waals surface area contributed by atoms with Crippen LogP contribution in [0.3, 0.4) is 0 Å². The van der Waals surface area contributed by atoms with Gasteiger partial charge in [0.1, 0.15) is 17.9 Å². The maximum Gasteiger partial charge on any atom is 0.339 e. The largest absolute Gasteiger partial charge is 0.488 e. The molecular weight excluding hydrogens is 367 g/mol. The molecule has 0 saturated heterocycles. The second kappa shape index (κ2) is 6.48. The topological polar surface area (TPSA) is 46.5 Å². The Hall–Kier alpha value is -1.23. The molecule has 0 amide bonds. The summed E-state index contributed by atoms with van der Waals surface area (Å²) in [5.74, 6) is -0.859. The Bertz CT molecular complexity index is 659. The van der Waals surface area contributed by atoms with Crippen molar-refractivity contribution in [1.82, 2.24) is 0 Å². The molecule has 0 aliphatic carbocycles. The van der Waals surface area contributed by atoms with E-state index in [-0.39, 0.29) is 17.9 Å². The standard InChI is InChI=1S/C14H9BrCl2O3/c15-9-2-1-8(12(17)5-9)7-20-13-6-10(16)3-4-11(13)14(18)19/h1-6H,7H2,(H,18,19). The lowest BCUT2D eigenvalue weighted by Crippen LogP contribution is -2.03. The van der Waals surface area contributed by atoms with Gasteiger partial charge in [-0.05, 0) is 30.3 Å². The van der Waals surface area contributed by atoms with Gasteiger partial charge in [-0.2, -0.15) is 0 Å². The summed E-state index contributed by atoms with van der Waals surface area (Å²) >= 11 is 15.2. The summed E-state index contributed by atoms with van der Waals surface area (Å²) < 4.78 is 6.38. The summed E-state index contributed by atoms with van der Waals surface area (Å²) in [5, 5.41) is 10.0. The maximum atomic E-state index is 11.1. The van der Waals surface area contributed by atoms with Gasteiger partial charge in [-0.25, -0.2) is 4.79 Å². The van der Waals surface area contributed by atoms with Crippen LogP contribution in [0, 0.1) is 0 Å². The molecule has 0 aliphatic rings. The van der Waals surface area contributed by atoms with E-state index in [9.17, 15) is 4.79 Å². The highest BCUT2D eigenvalue weighted by atomic mass is 79.9. The van der Waals surface area contributed by atoms with Gasteiger partial charge >= 0.3 is 5.97 Å². The van der Waals surface area contributed by atoms with E-state index in [1.54, 1.807) is 12.1 Å². The van der Waals surface area contributed by atoms with Crippen LogP contribution in [-0.4, -0.2) is 11.1 Å². The van der Waals surface area contributed by atoms with E-state index in [2.05, 4.69) is 15.9 Å². The SMILES string of the molecule is O=C(O)c1ccc(Cl)cc1OCc1ccc(Br)cc1Cl. The summed E-state index contributed by atoms with van der Waals surface area (Å²) in [5.41, 5.74) is 0.814. The second-order valence-corrected chi connectivity index (χ2v) is 5.73. The fourth-order valence-electron chi connectivity index (χ4n) is 1.59. The molecule has 1 N–H and O–H groups in total. The fraction of sp³-hybridized carbons (Fsp3) is 0.0714. The number of carboxylic acid groups (broad SMARTS) is 1. The maximum absolute atomic E-state index is 11.1. The normalized spacial score (nSPS) is 10.3. The van der Waals surface area contributed by atoms with Crippen LogP contribution in [0.5, 0.6) is 5.75 Å². The number of ether oxygens (including phenoxy) is 1. The number of rotatable bonds is 4. The highest BCUT2D eigenvalue weighted by Gasteiger charge is 2.12. The third-order valence-electron chi connectivity index (χ3n) is 2.57. The third kappa shape index (κ3) is 3.66. The first-order chi connectivity index (χ1) is 9.47. The summed E-state index contributed by atoms with van der Waals surface area (Å²) in [6, 6.07) is 9.76. The Labute approximate surface area is 134 Å². The van der Waals surface area contributed by atoms with Gasteiger partial charge < -0.3 is 9.84 Å². The monoisotopic (exact) mass is 374 g/mol. The summed E-state index contributed by atoms with van der Waals surface area (Å²) in [4.78, 5) is 11.1. The number of carbonyl (C=O) groups is 1. The number of hydrogen-bond donors (Lipinski definition) is 1. The lowest BCUT2D eigenvalue weighted by atomic mass is 10.2. The Morgan fingerprint density at radius 1 is 1.20 bits per heavy atom. The van der Waals surface area contributed by atoms with Crippen LogP contribution in [0.25, 0.3) is 0 Å². The number of aromatic carboxylic acids is 1. The molecule has 0 saturated carbocycles. The van der Waals surface area contributed by atoms with E-state index in [1.165, 1.54) is 18.2 Å². The molecule has 104 valence electrons. The lowest BCUT2D eigenvalue weighted by molar-refractivity contribution is 0.0692. The van der Waals surface area contributed by atoms with E-state index in [4.69, 9.17) is 33.0 Å². The van der Waals surface area contributed by atoms with Crippen molar-refractivity contribution in [2.45, 2.75) is 6.61 Å². The Kier molecular flexibility index (Phi) is 4.91. The molecule has 0 atom stereocenters. The zero-order chi connectivity index (χ0) is 14.7. The predicted octanol–water partition coefficient (Wildman–Crippen LogP) is 5.03. The van der Waals surface area contributed by atoms with Crippen LogP contribution in [0.1, 0.15) is 15.9 Å². The minimum absolute atomic E-state index is 0.0580. The summed E-state index contributed by atoms with van der Waals surface area (Å²) in [6.07, 6.45) is 0. The van der Waals surface area contributed by atoms with Crippen LogP contribution < -0.4 is 4.74 Å². The third-order valence-corrected chi connectivity index (χ3v) is 3.65. The van der Waals surface area contributed by atoms with E-state index < -0.39 is 5.97 Å². The molecule has 0 bridgehead atoms. The van der Waals surface area contributed by atoms with Crippen molar-refractivity contribution in [3.8, 4) is 5.75 Å². The molecule has 0 aromatic heterocycles.